The van der Waals surface area contributed by atoms with Crippen LogP contribution in [0.2, 0.25) is 0 Å². The van der Waals surface area contributed by atoms with Crippen LogP contribution < -0.4 is 5.32 Å². The first-order valence-electron chi connectivity index (χ1n) is 13.7. The molecule has 194 valence electrons. The normalized spacial score (nSPS) is 32.8. The molecular formula is C25H39N5O4S. The zero-order valence-electron chi connectivity index (χ0n) is 20.6. The SMILES string of the molecule is O=C(N[C@H]1C[C@H]2CC[C@@H](C1)N2S(=O)(=O)CCN1CCC(N2CCCCC2)C1)c1cc(C2CC2)on1. The summed E-state index contributed by atoms with van der Waals surface area (Å²) in [7, 11) is -3.31. The predicted molar refractivity (Wildman–Crippen MR) is 132 cm³/mol. The molecule has 2 bridgehead atoms. The van der Waals surface area contributed by atoms with E-state index in [1.54, 1.807) is 10.4 Å². The lowest BCUT2D eigenvalue weighted by molar-refractivity contribution is 0.0900. The minimum absolute atomic E-state index is 0.0111. The van der Waals surface area contributed by atoms with E-state index in [2.05, 4.69) is 20.3 Å². The molecule has 1 saturated carbocycles. The summed E-state index contributed by atoms with van der Waals surface area (Å²) >= 11 is 0. The molecule has 10 heteroatoms. The maximum atomic E-state index is 13.4. The van der Waals surface area contributed by atoms with Crippen LogP contribution in [0, 0.1) is 0 Å². The zero-order chi connectivity index (χ0) is 24.0. The molecular weight excluding hydrogens is 466 g/mol. The molecule has 1 unspecified atom stereocenters. The van der Waals surface area contributed by atoms with Crippen molar-refractivity contribution in [3.8, 4) is 0 Å². The number of carbonyl (C=O) groups is 1. The van der Waals surface area contributed by atoms with Crippen molar-refractivity contribution in [3.05, 3.63) is 17.5 Å². The topological polar surface area (TPSA) is 99.0 Å². The highest BCUT2D eigenvalue weighted by Gasteiger charge is 2.47. The van der Waals surface area contributed by atoms with Crippen LogP contribution in [0.25, 0.3) is 0 Å². The Bertz CT molecular complexity index is 1000. The third-order valence-corrected chi connectivity index (χ3v) is 10.8. The summed E-state index contributed by atoms with van der Waals surface area (Å²) in [6, 6.07) is 2.32. The molecule has 5 heterocycles. The summed E-state index contributed by atoms with van der Waals surface area (Å²) in [6.07, 6.45) is 10.4. The van der Waals surface area contributed by atoms with Gasteiger partial charge in [0, 0.05) is 49.2 Å². The molecule has 1 aromatic rings. The largest absolute Gasteiger partial charge is 0.360 e. The van der Waals surface area contributed by atoms with Crippen LogP contribution in [-0.4, -0.2) is 96.2 Å². The Labute approximate surface area is 208 Å². The van der Waals surface area contributed by atoms with Gasteiger partial charge in [0.1, 0.15) is 5.76 Å². The molecule has 1 N–H and O–H groups in total. The summed E-state index contributed by atoms with van der Waals surface area (Å²) in [5, 5.41) is 7.04. The van der Waals surface area contributed by atoms with Gasteiger partial charge >= 0.3 is 0 Å². The molecule has 5 aliphatic rings. The highest BCUT2D eigenvalue weighted by Crippen LogP contribution is 2.40. The maximum absolute atomic E-state index is 13.4. The van der Waals surface area contributed by atoms with E-state index < -0.39 is 10.0 Å². The van der Waals surface area contributed by atoms with E-state index in [9.17, 15) is 13.2 Å². The van der Waals surface area contributed by atoms with Gasteiger partial charge in [-0.15, -0.1) is 0 Å². The average Bonchev–Trinajstić information content (AvgIpc) is 3.27. The molecule has 4 atom stereocenters. The van der Waals surface area contributed by atoms with Crippen molar-refractivity contribution in [1.29, 1.82) is 0 Å². The van der Waals surface area contributed by atoms with Gasteiger partial charge in [-0.25, -0.2) is 8.42 Å². The Hall–Kier alpha value is -1.49. The van der Waals surface area contributed by atoms with E-state index in [1.807, 2.05) is 0 Å². The number of rotatable bonds is 8. The standard InChI is InChI=1S/C25H39N5O4S/c31-25(23-16-24(34-27-23)18-4-5-18)26-19-14-20-6-7-21(15-19)30(20)35(32,33)13-12-28-11-8-22(17-28)29-9-2-1-3-10-29/h16,18-22H,1-15,17H2,(H,26,31)/t19-,20+,21-,22?. The minimum Gasteiger partial charge on any atom is -0.360 e. The number of hydrogen-bond acceptors (Lipinski definition) is 7. The van der Waals surface area contributed by atoms with Crippen LogP contribution in [0.15, 0.2) is 10.6 Å². The van der Waals surface area contributed by atoms with Crippen molar-refractivity contribution in [2.75, 3.05) is 38.5 Å². The van der Waals surface area contributed by atoms with E-state index >= 15 is 0 Å². The number of sulfonamides is 1. The van der Waals surface area contributed by atoms with E-state index in [0.717, 1.165) is 51.0 Å². The second kappa shape index (κ2) is 9.76. The number of amides is 1. The first kappa shape index (κ1) is 23.9. The van der Waals surface area contributed by atoms with Crippen LogP contribution >= 0.6 is 0 Å². The molecule has 0 spiro atoms. The fraction of sp³-hybridized carbons (Fsp3) is 0.840. The smallest absolute Gasteiger partial charge is 0.273 e. The summed E-state index contributed by atoms with van der Waals surface area (Å²) in [5.74, 6) is 1.21. The molecule has 1 aromatic heterocycles. The Kier molecular flexibility index (Phi) is 6.66. The number of piperidine rings is 2. The zero-order valence-corrected chi connectivity index (χ0v) is 21.4. The van der Waals surface area contributed by atoms with Crippen molar-refractivity contribution in [3.63, 3.8) is 0 Å². The molecule has 6 rings (SSSR count). The Morgan fingerprint density at radius 3 is 2.46 bits per heavy atom. The van der Waals surface area contributed by atoms with E-state index in [-0.39, 0.29) is 29.8 Å². The first-order chi connectivity index (χ1) is 17.0. The molecule has 4 aliphatic heterocycles. The molecule has 1 amide bonds. The lowest BCUT2D eigenvalue weighted by Gasteiger charge is -2.38. The molecule has 1 aliphatic carbocycles. The fourth-order valence-corrected chi connectivity index (χ4v) is 8.86. The van der Waals surface area contributed by atoms with Crippen LogP contribution in [0.5, 0.6) is 0 Å². The van der Waals surface area contributed by atoms with Crippen molar-refractivity contribution in [1.82, 2.24) is 24.6 Å². The average molecular weight is 506 g/mol. The lowest BCUT2D eigenvalue weighted by atomic mass is 9.99. The van der Waals surface area contributed by atoms with Gasteiger partial charge in [-0.2, -0.15) is 4.31 Å². The van der Waals surface area contributed by atoms with Crippen molar-refractivity contribution in [2.45, 2.75) is 94.3 Å². The Balaban J connectivity index is 1.00. The van der Waals surface area contributed by atoms with Gasteiger partial charge in [-0.1, -0.05) is 11.6 Å². The third-order valence-electron chi connectivity index (χ3n) is 8.88. The van der Waals surface area contributed by atoms with Crippen molar-refractivity contribution >= 4 is 15.9 Å². The number of hydrogen-bond donors (Lipinski definition) is 1. The van der Waals surface area contributed by atoms with Gasteiger partial charge in [0.25, 0.3) is 5.91 Å². The highest BCUT2D eigenvalue weighted by molar-refractivity contribution is 7.89. The number of aromatic nitrogens is 1. The molecule has 9 nitrogen and oxygen atoms in total. The number of likely N-dealkylation sites (tertiary alicyclic amines) is 2. The molecule has 0 aromatic carbocycles. The van der Waals surface area contributed by atoms with Crippen molar-refractivity contribution < 1.29 is 17.7 Å². The quantitative estimate of drug-likeness (QED) is 0.578. The second-order valence-electron chi connectivity index (χ2n) is 11.4. The molecule has 4 saturated heterocycles. The molecule has 0 radical (unpaired) electrons. The fourth-order valence-electron chi connectivity index (χ4n) is 6.87. The van der Waals surface area contributed by atoms with Gasteiger partial charge < -0.3 is 14.7 Å². The van der Waals surface area contributed by atoms with E-state index in [1.165, 1.54) is 32.4 Å². The van der Waals surface area contributed by atoms with Gasteiger partial charge in [0.15, 0.2) is 5.69 Å². The van der Waals surface area contributed by atoms with Gasteiger partial charge in [-0.05, 0) is 77.4 Å². The number of carbonyl (C=O) groups excluding carboxylic acids is 1. The van der Waals surface area contributed by atoms with Gasteiger partial charge in [0.05, 0.1) is 5.75 Å². The van der Waals surface area contributed by atoms with E-state index in [0.29, 0.717) is 37.0 Å². The highest BCUT2D eigenvalue weighted by atomic mass is 32.2. The molecule has 35 heavy (non-hydrogen) atoms. The summed E-state index contributed by atoms with van der Waals surface area (Å²) in [5.41, 5.74) is 0.336. The van der Waals surface area contributed by atoms with E-state index in [4.69, 9.17) is 4.52 Å². The summed E-state index contributed by atoms with van der Waals surface area (Å²) in [4.78, 5) is 17.7. The Morgan fingerprint density at radius 1 is 1.00 bits per heavy atom. The van der Waals surface area contributed by atoms with Gasteiger partial charge in [0.2, 0.25) is 10.0 Å². The number of nitrogens with one attached hydrogen (secondary N) is 1. The number of fused-ring (bicyclic) bond motifs is 2. The van der Waals surface area contributed by atoms with Gasteiger partial charge in [-0.3, -0.25) is 9.69 Å². The van der Waals surface area contributed by atoms with Crippen LogP contribution in [-0.2, 0) is 10.0 Å². The first-order valence-corrected chi connectivity index (χ1v) is 15.3. The summed E-state index contributed by atoms with van der Waals surface area (Å²) in [6.45, 7) is 5.02. The van der Waals surface area contributed by atoms with Crippen LogP contribution in [0.4, 0.5) is 0 Å². The number of nitrogens with zero attached hydrogens (tertiary/aromatic N) is 4. The summed E-state index contributed by atoms with van der Waals surface area (Å²) < 4.78 is 33.9. The minimum atomic E-state index is -3.31. The predicted octanol–water partition coefficient (Wildman–Crippen LogP) is 2.17. The van der Waals surface area contributed by atoms with Crippen molar-refractivity contribution in [2.24, 2.45) is 0 Å². The lowest BCUT2D eigenvalue weighted by Crippen LogP contribution is -2.53. The monoisotopic (exact) mass is 505 g/mol. The molecule has 5 fully saturated rings. The second-order valence-corrected chi connectivity index (χ2v) is 13.4. The van der Waals surface area contributed by atoms with Crippen LogP contribution in [0.1, 0.15) is 86.4 Å². The third kappa shape index (κ3) is 5.17. The maximum Gasteiger partial charge on any atom is 0.273 e. The van der Waals surface area contributed by atoms with Crippen LogP contribution in [0.3, 0.4) is 0 Å². The Morgan fingerprint density at radius 2 is 1.74 bits per heavy atom.